The number of unbranched alkanes of at least 4 members (excludes halogenated alkanes) is 18. The third-order valence-electron chi connectivity index (χ3n) is 9.88. The minimum atomic E-state index is -0.802. The lowest BCUT2D eigenvalue weighted by atomic mass is 10.0. The molecular weight excluding hydrogens is 695 g/mol. The van der Waals surface area contributed by atoms with E-state index in [-0.39, 0.29) is 24.9 Å². The van der Waals surface area contributed by atoms with E-state index >= 15 is 0 Å². The van der Waals surface area contributed by atoms with Gasteiger partial charge in [0.25, 0.3) is 0 Å². The van der Waals surface area contributed by atoms with E-state index in [0.717, 1.165) is 83.5 Å². The van der Waals surface area contributed by atoms with E-state index in [1.165, 1.54) is 64.2 Å². The lowest BCUT2D eigenvalue weighted by Crippen LogP contribution is -2.46. The molecule has 6 heteroatoms. The molecule has 3 unspecified atom stereocenters. The Labute approximate surface area is 344 Å². The molecule has 0 saturated carbocycles. The van der Waals surface area contributed by atoms with Crippen molar-refractivity contribution in [3.8, 4) is 0 Å². The van der Waals surface area contributed by atoms with Crippen molar-refractivity contribution in [1.29, 1.82) is 0 Å². The van der Waals surface area contributed by atoms with Gasteiger partial charge in [0.1, 0.15) is 6.10 Å². The molecule has 0 aromatic heterocycles. The van der Waals surface area contributed by atoms with E-state index in [1.807, 2.05) is 30.4 Å². The second-order valence-electron chi connectivity index (χ2n) is 15.2. The van der Waals surface area contributed by atoms with Crippen LogP contribution in [-0.4, -0.2) is 46.9 Å². The average molecular weight is 780 g/mol. The van der Waals surface area contributed by atoms with Gasteiger partial charge in [0.2, 0.25) is 5.91 Å². The molecule has 0 saturated heterocycles. The molecule has 0 aromatic rings. The van der Waals surface area contributed by atoms with E-state index < -0.39 is 18.2 Å². The second kappa shape index (κ2) is 43.2. The predicted molar refractivity (Wildman–Crippen MR) is 241 cm³/mol. The molecule has 0 spiro atoms. The second-order valence-corrected chi connectivity index (χ2v) is 15.2. The fourth-order valence-electron chi connectivity index (χ4n) is 6.44. The molecule has 3 atom stereocenters. The third kappa shape index (κ3) is 37.9. The molecule has 6 nitrogen and oxygen atoms in total. The number of hydrogen-bond acceptors (Lipinski definition) is 5. The highest BCUT2D eigenvalue weighted by Gasteiger charge is 2.24. The van der Waals surface area contributed by atoms with Gasteiger partial charge in [-0.2, -0.15) is 0 Å². The zero-order valence-electron chi connectivity index (χ0n) is 36.2. The summed E-state index contributed by atoms with van der Waals surface area (Å²) in [6.07, 6.45) is 55.0. The van der Waals surface area contributed by atoms with Crippen LogP contribution in [0.3, 0.4) is 0 Å². The third-order valence-corrected chi connectivity index (χ3v) is 9.88. The van der Waals surface area contributed by atoms with Gasteiger partial charge in [-0.15, -0.1) is 0 Å². The number of carbonyl (C=O) groups excluding carboxylic acids is 2. The predicted octanol–water partition coefficient (Wildman–Crippen LogP) is 13.2. The Morgan fingerprint density at radius 1 is 0.536 bits per heavy atom. The first kappa shape index (κ1) is 53.0. The SMILES string of the molecule is CC/C=C/C=C/C=C/C=C\CCCCCC(CC(=O)NC(CO)C(O)CCCCCCCCCCC)OC(=O)CCCCCCCCC/C=C/C=C/C=C/CC. The van der Waals surface area contributed by atoms with E-state index in [4.69, 9.17) is 4.74 Å². The Bertz CT molecular complexity index is 1100. The summed E-state index contributed by atoms with van der Waals surface area (Å²) in [5.74, 6) is -0.537. The molecule has 0 aliphatic rings. The summed E-state index contributed by atoms with van der Waals surface area (Å²) in [7, 11) is 0. The molecule has 0 heterocycles. The van der Waals surface area contributed by atoms with E-state index in [2.05, 4.69) is 80.8 Å². The van der Waals surface area contributed by atoms with E-state index in [1.54, 1.807) is 0 Å². The number of carbonyl (C=O) groups is 2. The summed E-state index contributed by atoms with van der Waals surface area (Å²) in [6.45, 7) is 6.16. The number of allylic oxidation sites excluding steroid dienone is 14. The van der Waals surface area contributed by atoms with Crippen molar-refractivity contribution in [2.45, 2.75) is 212 Å². The maximum absolute atomic E-state index is 13.1. The lowest BCUT2D eigenvalue weighted by molar-refractivity contribution is -0.151. The van der Waals surface area contributed by atoms with Crippen molar-refractivity contribution >= 4 is 11.9 Å². The number of hydrogen-bond donors (Lipinski definition) is 3. The molecule has 3 N–H and O–H groups in total. The molecule has 56 heavy (non-hydrogen) atoms. The minimum absolute atomic E-state index is 0.0417. The highest BCUT2D eigenvalue weighted by Crippen LogP contribution is 2.17. The zero-order chi connectivity index (χ0) is 41.0. The first-order chi connectivity index (χ1) is 27.5. The van der Waals surface area contributed by atoms with Crippen LogP contribution in [0.5, 0.6) is 0 Å². The van der Waals surface area contributed by atoms with Gasteiger partial charge in [0.05, 0.1) is 25.2 Å². The normalized spacial score (nSPS) is 14.2. The molecule has 320 valence electrons. The molecule has 0 aromatic carbocycles. The van der Waals surface area contributed by atoms with Crippen molar-refractivity contribution in [2.75, 3.05) is 6.61 Å². The van der Waals surface area contributed by atoms with Gasteiger partial charge < -0.3 is 20.3 Å². The van der Waals surface area contributed by atoms with Crippen LogP contribution in [0.4, 0.5) is 0 Å². The first-order valence-electron chi connectivity index (χ1n) is 22.9. The Hall–Kier alpha value is -2.96. The number of rotatable bonds is 39. The number of amides is 1. The highest BCUT2D eigenvalue weighted by atomic mass is 16.5. The van der Waals surface area contributed by atoms with Crippen LogP contribution in [0.2, 0.25) is 0 Å². The van der Waals surface area contributed by atoms with Crippen molar-refractivity contribution in [3.05, 3.63) is 85.1 Å². The molecule has 1 amide bonds. The number of ether oxygens (including phenoxy) is 1. The molecular formula is C50H85NO5. The summed E-state index contributed by atoms with van der Waals surface area (Å²) in [5, 5.41) is 23.6. The fourth-order valence-corrected chi connectivity index (χ4v) is 6.44. The quantitative estimate of drug-likeness (QED) is 0.0328. The Morgan fingerprint density at radius 3 is 1.48 bits per heavy atom. The number of esters is 1. The maximum Gasteiger partial charge on any atom is 0.306 e. The van der Waals surface area contributed by atoms with Gasteiger partial charge in [-0.1, -0.05) is 202 Å². The first-order valence-corrected chi connectivity index (χ1v) is 22.9. The van der Waals surface area contributed by atoms with Gasteiger partial charge in [-0.05, 0) is 64.2 Å². The number of aliphatic hydroxyl groups is 2. The minimum Gasteiger partial charge on any atom is -0.462 e. The molecule has 0 radical (unpaired) electrons. The Morgan fingerprint density at radius 2 is 0.964 bits per heavy atom. The monoisotopic (exact) mass is 780 g/mol. The molecule has 0 bridgehead atoms. The molecule has 0 rings (SSSR count). The molecule has 0 fully saturated rings. The summed E-state index contributed by atoms with van der Waals surface area (Å²) < 4.78 is 5.88. The van der Waals surface area contributed by atoms with Crippen LogP contribution < -0.4 is 5.32 Å². The van der Waals surface area contributed by atoms with Gasteiger partial charge in [-0.25, -0.2) is 0 Å². The summed E-state index contributed by atoms with van der Waals surface area (Å²) in [6, 6.07) is -0.719. The van der Waals surface area contributed by atoms with Crippen LogP contribution in [0.15, 0.2) is 85.1 Å². The topological polar surface area (TPSA) is 95.9 Å². The van der Waals surface area contributed by atoms with Crippen molar-refractivity contribution in [1.82, 2.24) is 5.32 Å². The molecule has 0 aliphatic carbocycles. The Balaban J connectivity index is 4.70. The summed E-state index contributed by atoms with van der Waals surface area (Å²) in [4.78, 5) is 26.0. The standard InChI is InChI=1S/C50H85NO5/c1-4-7-10-13-16-19-21-23-24-26-28-31-34-37-40-43-50(55)56-46(41-38-35-32-30-27-25-22-20-17-14-11-8-5-2)44-49(54)51-47(45-52)48(53)42-39-36-33-29-18-15-12-9-6-3/h7-8,10-11,13-14,16-17,19-22,25,27,46-48,52-53H,4-6,9,12,15,18,23-24,26,28-45H2,1-3H3,(H,51,54)/b10-7+,11-8+,16-13+,17-14+,21-19+,22-20+,27-25-. The van der Waals surface area contributed by atoms with Crippen molar-refractivity contribution in [2.24, 2.45) is 0 Å². The maximum atomic E-state index is 13.1. The summed E-state index contributed by atoms with van der Waals surface area (Å²) in [5.41, 5.74) is 0. The Kier molecular flexibility index (Phi) is 40.9. The van der Waals surface area contributed by atoms with Gasteiger partial charge >= 0.3 is 5.97 Å². The summed E-state index contributed by atoms with van der Waals surface area (Å²) >= 11 is 0. The van der Waals surface area contributed by atoms with E-state index in [0.29, 0.717) is 19.3 Å². The van der Waals surface area contributed by atoms with E-state index in [9.17, 15) is 19.8 Å². The van der Waals surface area contributed by atoms with Gasteiger partial charge in [-0.3, -0.25) is 9.59 Å². The van der Waals surface area contributed by atoms with Gasteiger partial charge in [0.15, 0.2) is 0 Å². The van der Waals surface area contributed by atoms with Crippen LogP contribution in [0.1, 0.15) is 194 Å². The van der Waals surface area contributed by atoms with Crippen molar-refractivity contribution in [3.63, 3.8) is 0 Å². The van der Waals surface area contributed by atoms with Crippen LogP contribution >= 0.6 is 0 Å². The van der Waals surface area contributed by atoms with Gasteiger partial charge in [0, 0.05) is 6.42 Å². The fraction of sp³-hybridized carbons (Fsp3) is 0.680. The van der Waals surface area contributed by atoms with Crippen molar-refractivity contribution < 1.29 is 24.5 Å². The largest absolute Gasteiger partial charge is 0.462 e. The van der Waals surface area contributed by atoms with Crippen LogP contribution in [-0.2, 0) is 14.3 Å². The van der Waals surface area contributed by atoms with Crippen LogP contribution in [0, 0.1) is 0 Å². The number of nitrogens with one attached hydrogen (secondary N) is 1. The number of aliphatic hydroxyl groups excluding tert-OH is 2. The average Bonchev–Trinajstić information content (AvgIpc) is 3.19. The lowest BCUT2D eigenvalue weighted by Gasteiger charge is -2.24. The highest BCUT2D eigenvalue weighted by molar-refractivity contribution is 5.77. The molecule has 0 aliphatic heterocycles. The smallest absolute Gasteiger partial charge is 0.306 e. The zero-order valence-corrected chi connectivity index (χ0v) is 36.2. The van der Waals surface area contributed by atoms with Crippen LogP contribution in [0.25, 0.3) is 0 Å².